The third-order valence-corrected chi connectivity index (χ3v) is 5.28. The molecule has 2 rings (SSSR count). The Bertz CT molecular complexity index is 581. The molecule has 1 aliphatic carbocycles. The van der Waals surface area contributed by atoms with Crippen LogP contribution in [-0.2, 0) is 10.0 Å². The lowest BCUT2D eigenvalue weighted by Gasteiger charge is -2.26. The largest absolute Gasteiger partial charge is 0.493 e. The highest BCUT2D eigenvalue weighted by Gasteiger charge is 2.25. The first kappa shape index (κ1) is 16.1. The molecule has 7 heteroatoms. The molecule has 0 heterocycles. The maximum absolute atomic E-state index is 12.4. The second-order valence-electron chi connectivity index (χ2n) is 5.25. The van der Waals surface area contributed by atoms with Crippen LogP contribution in [0.2, 0.25) is 0 Å². The fraction of sp³-hybridized carbons (Fsp3) is 0.571. The van der Waals surface area contributed by atoms with Crippen molar-refractivity contribution in [2.45, 2.75) is 42.7 Å². The van der Waals surface area contributed by atoms with Gasteiger partial charge in [-0.1, -0.05) is 0 Å². The minimum absolute atomic E-state index is 0.0529. The molecule has 0 bridgehead atoms. The topological polar surface area (TPSA) is 90.7 Å². The van der Waals surface area contributed by atoms with Gasteiger partial charge in [-0.15, -0.1) is 0 Å². The zero-order valence-corrected chi connectivity index (χ0v) is 13.2. The van der Waals surface area contributed by atoms with Gasteiger partial charge in [-0.25, -0.2) is 13.1 Å². The van der Waals surface area contributed by atoms with Gasteiger partial charge in [0.1, 0.15) is 0 Å². The summed E-state index contributed by atoms with van der Waals surface area (Å²) in [5.74, 6) is 0.895. The van der Waals surface area contributed by atoms with Crippen LogP contribution >= 0.6 is 0 Å². The molecule has 0 unspecified atom stereocenters. The third-order valence-electron chi connectivity index (χ3n) is 3.76. The summed E-state index contributed by atoms with van der Waals surface area (Å²) in [5, 5.41) is 0. The number of methoxy groups -OCH3 is 2. The van der Waals surface area contributed by atoms with E-state index in [9.17, 15) is 8.42 Å². The highest BCUT2D eigenvalue weighted by Crippen LogP contribution is 2.29. The standard InChI is InChI=1S/C14H22N2O4S/c1-19-13-8-7-12(9-14(13)20-2)21(17,18)16-11-5-3-10(15)4-6-11/h7-11,16H,3-6,15H2,1-2H3. The van der Waals surface area contributed by atoms with E-state index in [2.05, 4.69) is 4.72 Å². The Morgan fingerprint density at radius 3 is 2.29 bits per heavy atom. The molecule has 1 aliphatic rings. The Labute approximate surface area is 125 Å². The Kier molecular flexibility index (Phi) is 5.08. The summed E-state index contributed by atoms with van der Waals surface area (Å²) in [7, 11) is -0.575. The van der Waals surface area contributed by atoms with Crippen LogP contribution in [0.4, 0.5) is 0 Å². The van der Waals surface area contributed by atoms with Gasteiger partial charge >= 0.3 is 0 Å². The third kappa shape index (κ3) is 3.87. The summed E-state index contributed by atoms with van der Waals surface area (Å²) in [6.45, 7) is 0. The van der Waals surface area contributed by atoms with Gasteiger partial charge in [-0.3, -0.25) is 0 Å². The summed E-state index contributed by atoms with van der Waals surface area (Å²) in [5.41, 5.74) is 5.83. The van der Waals surface area contributed by atoms with Gasteiger partial charge in [0.2, 0.25) is 10.0 Å². The van der Waals surface area contributed by atoms with Gasteiger partial charge in [0.05, 0.1) is 19.1 Å². The summed E-state index contributed by atoms with van der Waals surface area (Å²) < 4.78 is 37.8. The lowest BCUT2D eigenvalue weighted by atomic mass is 9.93. The second-order valence-corrected chi connectivity index (χ2v) is 6.96. The van der Waals surface area contributed by atoms with Crippen LogP contribution in [0.3, 0.4) is 0 Å². The van der Waals surface area contributed by atoms with Crippen LogP contribution in [0.15, 0.2) is 23.1 Å². The van der Waals surface area contributed by atoms with E-state index < -0.39 is 10.0 Å². The van der Waals surface area contributed by atoms with E-state index in [0.717, 1.165) is 25.7 Å². The maximum Gasteiger partial charge on any atom is 0.240 e. The first-order valence-corrected chi connectivity index (χ1v) is 8.44. The molecule has 0 atom stereocenters. The molecular weight excluding hydrogens is 292 g/mol. The molecule has 118 valence electrons. The SMILES string of the molecule is COc1ccc(S(=O)(=O)NC2CCC(N)CC2)cc1OC. The quantitative estimate of drug-likeness (QED) is 0.853. The molecule has 1 aromatic carbocycles. The molecule has 1 aromatic rings. The summed E-state index contributed by atoms with van der Waals surface area (Å²) >= 11 is 0. The number of benzene rings is 1. The number of nitrogens with one attached hydrogen (secondary N) is 1. The van der Waals surface area contributed by atoms with Gasteiger partial charge in [-0.2, -0.15) is 0 Å². The monoisotopic (exact) mass is 314 g/mol. The van der Waals surface area contributed by atoms with Crippen LogP contribution in [0, 0.1) is 0 Å². The van der Waals surface area contributed by atoms with Crippen LogP contribution < -0.4 is 19.9 Å². The normalized spacial score (nSPS) is 22.8. The fourth-order valence-electron chi connectivity index (χ4n) is 2.51. The number of rotatable bonds is 5. The number of ether oxygens (including phenoxy) is 2. The first-order chi connectivity index (χ1) is 9.96. The Morgan fingerprint density at radius 2 is 1.71 bits per heavy atom. The maximum atomic E-state index is 12.4. The molecule has 1 saturated carbocycles. The molecule has 0 aliphatic heterocycles. The molecule has 0 radical (unpaired) electrons. The van der Waals surface area contributed by atoms with Gasteiger partial charge in [0, 0.05) is 18.2 Å². The highest BCUT2D eigenvalue weighted by molar-refractivity contribution is 7.89. The van der Waals surface area contributed by atoms with Gasteiger partial charge in [0.25, 0.3) is 0 Å². The van der Waals surface area contributed by atoms with Crippen molar-refractivity contribution in [2.75, 3.05) is 14.2 Å². The molecule has 0 amide bonds. The van der Waals surface area contributed by atoms with Crippen molar-refractivity contribution >= 4 is 10.0 Å². The second kappa shape index (κ2) is 6.64. The smallest absolute Gasteiger partial charge is 0.240 e. The lowest BCUT2D eigenvalue weighted by molar-refractivity contribution is 0.353. The van der Waals surface area contributed by atoms with E-state index in [4.69, 9.17) is 15.2 Å². The van der Waals surface area contributed by atoms with Crippen molar-refractivity contribution < 1.29 is 17.9 Å². The molecule has 3 N–H and O–H groups in total. The predicted molar refractivity (Wildman–Crippen MR) is 80.1 cm³/mol. The van der Waals surface area contributed by atoms with E-state index in [-0.39, 0.29) is 17.0 Å². The van der Waals surface area contributed by atoms with E-state index in [0.29, 0.717) is 11.5 Å². The van der Waals surface area contributed by atoms with Crippen LogP contribution in [0.25, 0.3) is 0 Å². The first-order valence-electron chi connectivity index (χ1n) is 6.96. The lowest BCUT2D eigenvalue weighted by Crippen LogP contribution is -2.40. The summed E-state index contributed by atoms with van der Waals surface area (Å²) in [4.78, 5) is 0.176. The van der Waals surface area contributed by atoms with E-state index in [1.807, 2.05) is 0 Å². The van der Waals surface area contributed by atoms with Gasteiger partial charge < -0.3 is 15.2 Å². The molecule has 1 fully saturated rings. The van der Waals surface area contributed by atoms with Crippen LogP contribution in [0.1, 0.15) is 25.7 Å². The molecule has 0 saturated heterocycles. The molecular formula is C14H22N2O4S. The summed E-state index contributed by atoms with van der Waals surface area (Å²) in [6, 6.07) is 4.70. The van der Waals surface area contributed by atoms with Crippen molar-refractivity contribution in [2.24, 2.45) is 5.73 Å². The molecule has 21 heavy (non-hydrogen) atoms. The molecule has 0 spiro atoms. The van der Waals surface area contributed by atoms with Gasteiger partial charge in [-0.05, 0) is 37.8 Å². The van der Waals surface area contributed by atoms with Crippen molar-refractivity contribution in [1.82, 2.24) is 4.72 Å². The molecule has 6 nitrogen and oxygen atoms in total. The Balaban J connectivity index is 2.15. The minimum atomic E-state index is -3.56. The Hall–Kier alpha value is -1.31. The summed E-state index contributed by atoms with van der Waals surface area (Å²) in [6.07, 6.45) is 3.24. The number of sulfonamides is 1. The van der Waals surface area contributed by atoms with Crippen molar-refractivity contribution in [3.63, 3.8) is 0 Å². The minimum Gasteiger partial charge on any atom is -0.493 e. The van der Waals surface area contributed by atoms with E-state index >= 15 is 0 Å². The molecule has 0 aromatic heterocycles. The van der Waals surface area contributed by atoms with Crippen molar-refractivity contribution in [1.29, 1.82) is 0 Å². The van der Waals surface area contributed by atoms with Gasteiger partial charge in [0.15, 0.2) is 11.5 Å². The van der Waals surface area contributed by atoms with E-state index in [1.165, 1.54) is 26.4 Å². The zero-order chi connectivity index (χ0) is 15.5. The van der Waals surface area contributed by atoms with Crippen molar-refractivity contribution in [3.8, 4) is 11.5 Å². The van der Waals surface area contributed by atoms with Crippen molar-refractivity contribution in [3.05, 3.63) is 18.2 Å². The number of hydrogen-bond donors (Lipinski definition) is 2. The van der Waals surface area contributed by atoms with Crippen LogP contribution in [0.5, 0.6) is 11.5 Å². The Morgan fingerprint density at radius 1 is 1.10 bits per heavy atom. The highest BCUT2D eigenvalue weighted by atomic mass is 32.2. The predicted octanol–water partition coefficient (Wildman–Crippen LogP) is 1.25. The van der Waals surface area contributed by atoms with Crippen LogP contribution in [-0.4, -0.2) is 34.7 Å². The number of nitrogens with two attached hydrogens (primary N) is 1. The van der Waals surface area contributed by atoms with E-state index in [1.54, 1.807) is 6.07 Å². The zero-order valence-electron chi connectivity index (χ0n) is 12.3. The number of hydrogen-bond acceptors (Lipinski definition) is 5. The average molecular weight is 314 g/mol. The average Bonchev–Trinajstić information content (AvgIpc) is 2.48. The fourth-order valence-corrected chi connectivity index (χ4v) is 3.83.